The molecule has 5 rings (SSSR count). The van der Waals surface area contributed by atoms with Crippen LogP contribution in [0, 0.1) is 17.8 Å². The molecule has 1 saturated carbocycles. The molecule has 3 heterocycles. The van der Waals surface area contributed by atoms with Gasteiger partial charge in [0.2, 0.25) is 23.6 Å². The maximum absolute atomic E-state index is 14.1. The van der Waals surface area contributed by atoms with E-state index in [0.717, 1.165) is 30.2 Å². The zero-order valence-electron chi connectivity index (χ0n) is 26.5. The fourth-order valence-electron chi connectivity index (χ4n) is 6.29. The molecule has 12 heteroatoms. The number of benzene rings is 1. The lowest BCUT2D eigenvalue weighted by Gasteiger charge is -2.30. The molecule has 2 fully saturated rings. The number of cyclic esters (lactones) is 1. The van der Waals surface area contributed by atoms with Gasteiger partial charge in [0, 0.05) is 26.4 Å². The lowest BCUT2D eigenvalue weighted by molar-refractivity contribution is -0.152. The van der Waals surface area contributed by atoms with Crippen LogP contribution in [0.5, 0.6) is 5.88 Å². The molecule has 5 atom stereocenters. The smallest absolute Gasteiger partial charge is 0.330 e. The molecule has 0 spiro atoms. The van der Waals surface area contributed by atoms with Crippen LogP contribution >= 0.6 is 0 Å². The van der Waals surface area contributed by atoms with Gasteiger partial charge in [-0.3, -0.25) is 14.4 Å². The van der Waals surface area contributed by atoms with Gasteiger partial charge in [-0.2, -0.15) is 4.98 Å². The Morgan fingerprint density at radius 3 is 2.64 bits per heavy atom. The maximum atomic E-state index is 14.1. The third-order valence-electron chi connectivity index (χ3n) is 9.15. The van der Waals surface area contributed by atoms with Gasteiger partial charge in [-0.15, -0.1) is 6.58 Å². The van der Waals surface area contributed by atoms with Gasteiger partial charge >= 0.3 is 11.9 Å². The highest BCUT2D eigenvalue weighted by Gasteiger charge is 2.61. The minimum absolute atomic E-state index is 0.0582. The number of aromatic nitrogens is 2. The van der Waals surface area contributed by atoms with E-state index in [1.807, 2.05) is 46.1 Å². The number of rotatable bonds is 6. The Bertz CT molecular complexity index is 1490. The number of esters is 1. The second kappa shape index (κ2) is 13.0. The zero-order chi connectivity index (χ0) is 32.5. The summed E-state index contributed by atoms with van der Waals surface area (Å²) < 4.78 is 12.0. The molecule has 4 bridgehead atoms. The highest BCUT2D eigenvalue weighted by atomic mass is 16.5. The van der Waals surface area contributed by atoms with Crippen molar-refractivity contribution in [3.05, 3.63) is 36.4 Å². The third kappa shape index (κ3) is 6.74. The van der Waals surface area contributed by atoms with E-state index in [-0.39, 0.29) is 44.2 Å². The fourth-order valence-corrected chi connectivity index (χ4v) is 6.29. The lowest BCUT2D eigenvalue weighted by atomic mass is 9.90. The van der Waals surface area contributed by atoms with E-state index in [4.69, 9.17) is 14.5 Å². The van der Waals surface area contributed by atoms with Crippen molar-refractivity contribution in [3.63, 3.8) is 0 Å². The molecule has 1 aliphatic carbocycles. The van der Waals surface area contributed by atoms with E-state index >= 15 is 0 Å². The topological polar surface area (TPSA) is 151 Å². The van der Waals surface area contributed by atoms with Crippen LogP contribution < -0.4 is 15.0 Å². The highest BCUT2D eigenvalue weighted by Crippen LogP contribution is 2.45. The summed E-state index contributed by atoms with van der Waals surface area (Å²) in [4.78, 5) is 65.5. The fraction of sp³-hybridized carbons (Fsp3) is 0.576. The molecule has 2 aromatic rings. The van der Waals surface area contributed by atoms with Gasteiger partial charge in [0.25, 0.3) is 0 Å². The molecule has 45 heavy (non-hydrogen) atoms. The molecule has 242 valence electrons. The molecular formula is C33H43N5O7. The van der Waals surface area contributed by atoms with Gasteiger partial charge in [0.15, 0.2) is 0 Å². The standard InChI is InChI=1S/C33H43N5O7/c1-6-21-17-33(21,31(42)43)36-28(40)26-15-22-18-38(26)30(41)23(19(2)3)16-27(39)44-13-9-7-8-10-20-11-12-25-24(14-20)29(45-22)35-32(34-25)37(4)5/h6,11-12,14,19,21-23,26H,1,7-10,13,15-18H2,2-5H3,(H,36,40)(H,42,43)/t21-,22+,23-,26-,33+/m0/s1. The minimum atomic E-state index is -1.46. The quantitative estimate of drug-likeness (QED) is 0.364. The number of hydrogen-bond donors (Lipinski definition) is 2. The first-order valence-electron chi connectivity index (χ1n) is 15.7. The first kappa shape index (κ1) is 32.2. The summed E-state index contributed by atoms with van der Waals surface area (Å²) in [6.07, 6.45) is 4.41. The molecule has 1 saturated heterocycles. The molecule has 2 aliphatic heterocycles. The summed E-state index contributed by atoms with van der Waals surface area (Å²) in [5.41, 5.74) is 0.341. The number of anilines is 1. The summed E-state index contributed by atoms with van der Waals surface area (Å²) >= 11 is 0. The van der Waals surface area contributed by atoms with Crippen molar-refractivity contribution in [2.75, 3.05) is 32.1 Å². The monoisotopic (exact) mass is 621 g/mol. The highest BCUT2D eigenvalue weighted by molar-refractivity contribution is 5.95. The van der Waals surface area contributed by atoms with Crippen molar-refractivity contribution < 1.29 is 33.8 Å². The normalized spacial score (nSPS) is 27.4. The van der Waals surface area contributed by atoms with Gasteiger partial charge < -0.3 is 29.7 Å². The second-order valence-corrected chi connectivity index (χ2v) is 13.0. The van der Waals surface area contributed by atoms with Crippen LogP contribution in [0.3, 0.4) is 0 Å². The summed E-state index contributed by atoms with van der Waals surface area (Å²) in [5.74, 6) is -3.12. The molecule has 2 N–H and O–H groups in total. The number of aliphatic carboxylic acids is 1. The Kier molecular flexibility index (Phi) is 9.31. The van der Waals surface area contributed by atoms with Crippen molar-refractivity contribution in [1.29, 1.82) is 0 Å². The number of aryl methyl sites for hydroxylation is 1. The Labute approximate surface area is 263 Å². The summed E-state index contributed by atoms with van der Waals surface area (Å²) in [6, 6.07) is 4.98. The number of amides is 2. The zero-order valence-corrected chi connectivity index (χ0v) is 26.5. The summed E-state index contributed by atoms with van der Waals surface area (Å²) in [6.45, 7) is 7.74. The lowest BCUT2D eigenvalue weighted by Crippen LogP contribution is -2.54. The van der Waals surface area contributed by atoms with Crippen molar-refractivity contribution in [3.8, 4) is 5.88 Å². The van der Waals surface area contributed by atoms with Crippen LogP contribution in [0.4, 0.5) is 5.95 Å². The molecule has 1 aromatic heterocycles. The van der Waals surface area contributed by atoms with E-state index < -0.39 is 47.4 Å². The number of nitrogens with zero attached hydrogens (tertiary/aromatic N) is 4. The maximum Gasteiger partial charge on any atom is 0.330 e. The van der Waals surface area contributed by atoms with Gasteiger partial charge in [-0.1, -0.05) is 26.0 Å². The number of carbonyl (C=O) groups is 4. The second-order valence-electron chi connectivity index (χ2n) is 13.0. The predicted molar refractivity (Wildman–Crippen MR) is 167 cm³/mol. The Hall–Kier alpha value is -4.22. The van der Waals surface area contributed by atoms with Crippen molar-refractivity contribution in [2.45, 2.75) is 76.5 Å². The Morgan fingerprint density at radius 1 is 1.20 bits per heavy atom. The molecule has 2 amide bonds. The average molecular weight is 622 g/mol. The first-order valence-corrected chi connectivity index (χ1v) is 15.7. The average Bonchev–Trinajstić information content (AvgIpc) is 3.56. The molecule has 12 nitrogen and oxygen atoms in total. The van der Waals surface area contributed by atoms with E-state index in [1.165, 1.54) is 11.0 Å². The number of ether oxygens (including phenoxy) is 2. The van der Waals surface area contributed by atoms with E-state index in [2.05, 4.69) is 16.9 Å². The van der Waals surface area contributed by atoms with Crippen molar-refractivity contribution >= 4 is 40.6 Å². The number of carboxylic acid groups (broad SMARTS) is 1. The summed E-state index contributed by atoms with van der Waals surface area (Å²) in [7, 11) is 3.67. The number of fused-ring (bicyclic) bond motifs is 3. The van der Waals surface area contributed by atoms with Crippen LogP contribution in [-0.4, -0.2) is 88.7 Å². The Morgan fingerprint density at radius 2 is 1.98 bits per heavy atom. The largest absolute Gasteiger partial charge is 0.479 e. The molecular weight excluding hydrogens is 578 g/mol. The number of nitrogens with one attached hydrogen (secondary N) is 1. The SMILES string of the molecule is C=C[C@H]1C[C@]1(NC(=O)[C@@H]1C[C@@H]2CN1C(=O)[C@H](C(C)C)CC(=O)OCCCCCc1ccc3nc(N(C)C)nc(c3c1)O2)C(=O)O. The molecule has 3 aliphatic rings. The molecule has 0 radical (unpaired) electrons. The van der Waals surface area contributed by atoms with E-state index in [1.54, 1.807) is 4.90 Å². The van der Waals surface area contributed by atoms with Gasteiger partial charge in [-0.25, -0.2) is 9.78 Å². The van der Waals surface area contributed by atoms with Gasteiger partial charge in [0.05, 0.1) is 36.4 Å². The number of carbonyl (C=O) groups excluding carboxylic acids is 3. The van der Waals surface area contributed by atoms with Crippen LogP contribution in [-0.2, 0) is 30.3 Å². The predicted octanol–water partition coefficient (Wildman–Crippen LogP) is 3.12. The van der Waals surface area contributed by atoms with Crippen LogP contribution in [0.25, 0.3) is 10.9 Å². The van der Waals surface area contributed by atoms with Crippen LogP contribution in [0.1, 0.15) is 57.9 Å². The molecule has 1 aromatic carbocycles. The van der Waals surface area contributed by atoms with Crippen LogP contribution in [0.2, 0.25) is 0 Å². The Balaban J connectivity index is 1.53. The first-order chi connectivity index (χ1) is 21.4. The summed E-state index contributed by atoms with van der Waals surface area (Å²) in [5, 5.41) is 13.4. The van der Waals surface area contributed by atoms with Gasteiger partial charge in [-0.05, 0) is 55.7 Å². The third-order valence-corrected chi connectivity index (χ3v) is 9.15. The number of carboxylic acids is 1. The van der Waals surface area contributed by atoms with E-state index in [9.17, 15) is 24.3 Å². The van der Waals surface area contributed by atoms with E-state index in [0.29, 0.717) is 23.8 Å². The van der Waals surface area contributed by atoms with Crippen molar-refractivity contribution in [2.24, 2.45) is 17.8 Å². The van der Waals surface area contributed by atoms with Crippen LogP contribution in [0.15, 0.2) is 30.9 Å². The minimum Gasteiger partial charge on any atom is -0.479 e. The molecule has 0 unspecified atom stereocenters. The van der Waals surface area contributed by atoms with Gasteiger partial charge in [0.1, 0.15) is 17.7 Å². The number of hydrogen-bond acceptors (Lipinski definition) is 9. The van der Waals surface area contributed by atoms with Crippen molar-refractivity contribution in [1.82, 2.24) is 20.2 Å².